The number of anilines is 2. The van der Waals surface area contributed by atoms with E-state index in [1.807, 2.05) is 49.5 Å². The number of nitrogens with one attached hydrogen (secondary N) is 2. The van der Waals surface area contributed by atoms with E-state index in [2.05, 4.69) is 21.6 Å². The van der Waals surface area contributed by atoms with Gasteiger partial charge in [0, 0.05) is 25.0 Å². The van der Waals surface area contributed by atoms with Crippen LogP contribution in [0.3, 0.4) is 0 Å². The molecule has 2 aromatic rings. The van der Waals surface area contributed by atoms with Gasteiger partial charge in [-0.25, -0.2) is 4.79 Å². The Labute approximate surface area is 142 Å². The minimum atomic E-state index is -1.11. The highest BCUT2D eigenvalue weighted by Crippen LogP contribution is 2.29. The van der Waals surface area contributed by atoms with Crippen molar-refractivity contribution >= 4 is 17.4 Å². The van der Waals surface area contributed by atoms with E-state index in [1.54, 1.807) is 6.92 Å². The minimum absolute atomic E-state index is 0.133. The highest BCUT2D eigenvalue weighted by Gasteiger charge is 2.23. The number of urea groups is 1. The summed E-state index contributed by atoms with van der Waals surface area (Å²) >= 11 is 0. The lowest BCUT2D eigenvalue weighted by Crippen LogP contribution is -2.40. The molecular weight excluding hydrogens is 302 g/mol. The maximum absolute atomic E-state index is 12.1. The Morgan fingerprint density at radius 3 is 2.75 bits per heavy atom. The van der Waals surface area contributed by atoms with Gasteiger partial charge in [-0.1, -0.05) is 36.4 Å². The van der Waals surface area contributed by atoms with Crippen molar-refractivity contribution in [3.8, 4) is 0 Å². The van der Waals surface area contributed by atoms with Crippen molar-refractivity contribution in [3.05, 3.63) is 59.7 Å². The average Bonchev–Trinajstić information content (AvgIpc) is 2.95. The molecule has 2 amide bonds. The Hall–Kier alpha value is -2.53. The molecule has 0 spiro atoms. The first-order chi connectivity index (χ1) is 11.5. The number of hydrogen-bond acceptors (Lipinski definition) is 3. The molecule has 0 aromatic heterocycles. The Balaban J connectivity index is 1.59. The lowest BCUT2D eigenvalue weighted by atomic mass is 9.96. The predicted molar refractivity (Wildman–Crippen MR) is 96.5 cm³/mol. The van der Waals surface area contributed by atoms with E-state index in [1.165, 1.54) is 5.56 Å². The number of rotatable bonds is 4. The lowest BCUT2D eigenvalue weighted by Gasteiger charge is -2.24. The molecule has 1 atom stereocenters. The van der Waals surface area contributed by atoms with Gasteiger partial charge in [0.15, 0.2) is 0 Å². The van der Waals surface area contributed by atoms with Crippen LogP contribution < -0.4 is 15.5 Å². The van der Waals surface area contributed by atoms with Gasteiger partial charge in [0.2, 0.25) is 0 Å². The molecule has 2 aromatic carbocycles. The van der Waals surface area contributed by atoms with Crippen LogP contribution in [0.25, 0.3) is 0 Å². The molecular formula is C19H23N3O2. The van der Waals surface area contributed by atoms with Crippen LogP contribution in [-0.4, -0.2) is 31.3 Å². The van der Waals surface area contributed by atoms with E-state index >= 15 is 0 Å². The van der Waals surface area contributed by atoms with Crippen LogP contribution in [0.15, 0.2) is 48.5 Å². The second-order valence-corrected chi connectivity index (χ2v) is 6.46. The number of hydrogen-bond donors (Lipinski definition) is 3. The zero-order valence-electron chi connectivity index (χ0n) is 14.0. The third kappa shape index (κ3) is 3.51. The van der Waals surface area contributed by atoms with Crippen LogP contribution in [0.5, 0.6) is 0 Å². The topological polar surface area (TPSA) is 64.6 Å². The molecule has 0 aliphatic carbocycles. The Morgan fingerprint density at radius 2 is 2.00 bits per heavy atom. The van der Waals surface area contributed by atoms with Gasteiger partial charge < -0.3 is 20.6 Å². The molecule has 1 aliphatic heterocycles. The second kappa shape index (κ2) is 6.53. The zero-order valence-corrected chi connectivity index (χ0v) is 14.0. The molecule has 5 nitrogen and oxygen atoms in total. The molecule has 0 saturated heterocycles. The summed E-state index contributed by atoms with van der Waals surface area (Å²) in [7, 11) is 2.05. The van der Waals surface area contributed by atoms with Crippen LogP contribution in [0.4, 0.5) is 16.2 Å². The van der Waals surface area contributed by atoms with Crippen LogP contribution in [0.2, 0.25) is 0 Å². The maximum Gasteiger partial charge on any atom is 0.319 e. The number of nitrogens with zero attached hydrogens (tertiary/aromatic N) is 1. The van der Waals surface area contributed by atoms with Gasteiger partial charge in [-0.05, 0) is 36.6 Å². The summed E-state index contributed by atoms with van der Waals surface area (Å²) < 4.78 is 0. The van der Waals surface area contributed by atoms with Crippen LogP contribution in [0.1, 0.15) is 18.1 Å². The number of benzene rings is 2. The summed E-state index contributed by atoms with van der Waals surface area (Å²) in [5.74, 6) is 0. The minimum Gasteiger partial charge on any atom is -0.384 e. The Kier molecular flexibility index (Phi) is 4.44. The van der Waals surface area contributed by atoms with E-state index < -0.39 is 5.60 Å². The highest BCUT2D eigenvalue weighted by molar-refractivity contribution is 5.90. The number of likely N-dealkylation sites (N-methyl/N-ethyl adjacent to an activating group) is 1. The molecule has 1 aliphatic rings. The van der Waals surface area contributed by atoms with E-state index in [-0.39, 0.29) is 12.6 Å². The fourth-order valence-electron chi connectivity index (χ4n) is 2.94. The number of carbonyl (C=O) groups excluding carboxylic acids is 1. The quantitative estimate of drug-likeness (QED) is 0.810. The van der Waals surface area contributed by atoms with Gasteiger partial charge in [0.05, 0.1) is 6.54 Å². The van der Waals surface area contributed by atoms with Gasteiger partial charge in [-0.3, -0.25) is 0 Å². The SMILES string of the molecule is CN1CCc2ccc(NC(=O)NCC(C)(O)c3ccccc3)cc21. The van der Waals surface area contributed by atoms with Gasteiger partial charge in [-0.2, -0.15) is 0 Å². The summed E-state index contributed by atoms with van der Waals surface area (Å²) in [6, 6.07) is 14.9. The van der Waals surface area contributed by atoms with Gasteiger partial charge in [-0.15, -0.1) is 0 Å². The van der Waals surface area contributed by atoms with Crippen molar-refractivity contribution in [1.82, 2.24) is 5.32 Å². The average molecular weight is 325 g/mol. The number of carbonyl (C=O) groups is 1. The fourth-order valence-corrected chi connectivity index (χ4v) is 2.94. The summed E-state index contributed by atoms with van der Waals surface area (Å²) in [4.78, 5) is 14.3. The van der Waals surface area contributed by atoms with Crippen molar-refractivity contribution in [2.24, 2.45) is 0 Å². The molecule has 3 N–H and O–H groups in total. The van der Waals surface area contributed by atoms with Crippen LogP contribution in [-0.2, 0) is 12.0 Å². The zero-order chi connectivity index (χ0) is 17.2. The van der Waals surface area contributed by atoms with Crippen molar-refractivity contribution < 1.29 is 9.90 Å². The van der Waals surface area contributed by atoms with Crippen molar-refractivity contribution in [2.45, 2.75) is 18.9 Å². The van der Waals surface area contributed by atoms with Crippen molar-refractivity contribution in [3.63, 3.8) is 0 Å². The summed E-state index contributed by atoms with van der Waals surface area (Å²) in [6.45, 7) is 2.82. The third-order valence-electron chi connectivity index (χ3n) is 4.46. The Bertz CT molecular complexity index is 729. The van der Waals surface area contributed by atoms with E-state index in [9.17, 15) is 9.90 Å². The standard InChI is InChI=1S/C19H23N3O2/c1-19(24,15-6-4-3-5-7-15)13-20-18(23)21-16-9-8-14-10-11-22(2)17(14)12-16/h3-9,12,24H,10-11,13H2,1-2H3,(H2,20,21,23). The predicted octanol–water partition coefficient (Wildman–Crippen LogP) is 2.71. The van der Waals surface area contributed by atoms with Crippen LogP contribution in [0, 0.1) is 0 Å². The molecule has 3 rings (SSSR count). The van der Waals surface area contributed by atoms with E-state index in [0.29, 0.717) is 0 Å². The van der Waals surface area contributed by atoms with Gasteiger partial charge in [0.1, 0.15) is 5.60 Å². The molecule has 1 heterocycles. The van der Waals surface area contributed by atoms with Gasteiger partial charge in [0.25, 0.3) is 0 Å². The van der Waals surface area contributed by atoms with Gasteiger partial charge >= 0.3 is 6.03 Å². The third-order valence-corrected chi connectivity index (χ3v) is 4.46. The fraction of sp³-hybridized carbons (Fsp3) is 0.316. The lowest BCUT2D eigenvalue weighted by molar-refractivity contribution is 0.0599. The number of fused-ring (bicyclic) bond motifs is 1. The second-order valence-electron chi connectivity index (χ2n) is 6.46. The molecule has 0 radical (unpaired) electrons. The molecule has 0 saturated carbocycles. The van der Waals surface area contributed by atoms with E-state index in [4.69, 9.17) is 0 Å². The molecule has 126 valence electrons. The van der Waals surface area contributed by atoms with Crippen molar-refractivity contribution in [1.29, 1.82) is 0 Å². The first-order valence-corrected chi connectivity index (χ1v) is 8.12. The number of aliphatic hydroxyl groups is 1. The largest absolute Gasteiger partial charge is 0.384 e. The molecule has 5 heteroatoms. The highest BCUT2D eigenvalue weighted by atomic mass is 16.3. The monoisotopic (exact) mass is 325 g/mol. The molecule has 0 bridgehead atoms. The smallest absolute Gasteiger partial charge is 0.319 e. The summed E-state index contributed by atoms with van der Waals surface area (Å²) in [5, 5.41) is 16.1. The molecule has 1 unspecified atom stereocenters. The van der Waals surface area contributed by atoms with Crippen LogP contribution >= 0.6 is 0 Å². The molecule has 24 heavy (non-hydrogen) atoms. The van der Waals surface area contributed by atoms with E-state index in [0.717, 1.165) is 29.9 Å². The first-order valence-electron chi connectivity index (χ1n) is 8.12. The summed E-state index contributed by atoms with van der Waals surface area (Å²) in [6.07, 6.45) is 1.04. The molecule has 0 fully saturated rings. The van der Waals surface area contributed by atoms with Crippen molar-refractivity contribution in [2.75, 3.05) is 30.4 Å². The normalized spacial score (nSPS) is 15.5. The number of amides is 2. The maximum atomic E-state index is 12.1. The summed E-state index contributed by atoms with van der Waals surface area (Å²) in [5.41, 5.74) is 2.86. The Morgan fingerprint density at radius 1 is 1.25 bits per heavy atom. The first kappa shape index (κ1) is 16.3.